The van der Waals surface area contributed by atoms with Crippen LogP contribution < -0.4 is 11.3 Å². The minimum atomic E-state index is -0.0877. The quantitative estimate of drug-likeness (QED) is 0.595. The van der Waals surface area contributed by atoms with Crippen molar-refractivity contribution in [2.75, 3.05) is 5.73 Å². The molecule has 0 bridgehead atoms. The van der Waals surface area contributed by atoms with Gasteiger partial charge in [-0.3, -0.25) is 9.20 Å². The van der Waals surface area contributed by atoms with Gasteiger partial charge in [0.05, 0.1) is 5.69 Å². The Bertz CT molecular complexity index is 863. The molecule has 1 aromatic carbocycles. The van der Waals surface area contributed by atoms with Crippen LogP contribution in [0.5, 0.6) is 0 Å². The van der Waals surface area contributed by atoms with E-state index in [-0.39, 0.29) is 5.56 Å². The number of fused-ring (bicyclic) bond motifs is 1. The smallest absolute Gasteiger partial charge is 0.258 e. The highest BCUT2D eigenvalue weighted by Gasteiger charge is 2.05. The van der Waals surface area contributed by atoms with E-state index in [4.69, 9.17) is 17.3 Å². The molecule has 0 aliphatic heterocycles. The van der Waals surface area contributed by atoms with Crippen molar-refractivity contribution in [2.45, 2.75) is 10.6 Å². The van der Waals surface area contributed by atoms with Crippen molar-refractivity contribution in [1.82, 2.24) is 9.38 Å². The minimum absolute atomic E-state index is 0.0877. The van der Waals surface area contributed by atoms with Crippen LogP contribution in [0.15, 0.2) is 58.4 Å². The fourth-order valence-electron chi connectivity index (χ4n) is 1.96. The van der Waals surface area contributed by atoms with Crippen molar-refractivity contribution in [3.63, 3.8) is 0 Å². The fraction of sp³-hybridized carbons (Fsp3) is 0.0667. The maximum Gasteiger partial charge on any atom is 0.258 e. The van der Waals surface area contributed by atoms with Gasteiger partial charge in [0.2, 0.25) is 0 Å². The number of nitrogen functional groups attached to an aromatic ring is 1. The van der Waals surface area contributed by atoms with E-state index in [2.05, 4.69) is 4.98 Å². The highest BCUT2D eigenvalue weighted by molar-refractivity contribution is 7.98. The van der Waals surface area contributed by atoms with Gasteiger partial charge < -0.3 is 5.73 Å². The zero-order chi connectivity index (χ0) is 14.8. The van der Waals surface area contributed by atoms with E-state index in [9.17, 15) is 4.79 Å². The van der Waals surface area contributed by atoms with E-state index >= 15 is 0 Å². The molecule has 0 aliphatic carbocycles. The molecule has 0 atom stereocenters. The predicted octanol–water partition coefficient (Wildman–Crippen LogP) is 3.22. The normalized spacial score (nSPS) is 10.9. The number of halogens is 1. The second kappa shape index (κ2) is 5.79. The Balaban J connectivity index is 1.88. The van der Waals surface area contributed by atoms with Crippen LogP contribution in [0.3, 0.4) is 0 Å². The molecule has 6 heteroatoms. The molecule has 0 radical (unpaired) electrons. The lowest BCUT2D eigenvalue weighted by atomic mass is 10.3. The number of hydrogen-bond acceptors (Lipinski definition) is 4. The number of pyridine rings is 1. The number of anilines is 1. The zero-order valence-corrected chi connectivity index (χ0v) is 12.6. The standard InChI is InChI=1S/C15H12ClN3OS/c16-10-4-5-12(17)13(7-10)21-9-11-8-15(20)19-6-2-1-3-14(19)18-11/h1-8H,9,17H2. The monoisotopic (exact) mass is 317 g/mol. The molecule has 3 rings (SSSR count). The van der Waals surface area contributed by atoms with Gasteiger partial charge in [0.25, 0.3) is 5.56 Å². The van der Waals surface area contributed by atoms with Crippen molar-refractivity contribution in [3.05, 3.63) is 69.7 Å². The van der Waals surface area contributed by atoms with Gasteiger partial charge in [0.1, 0.15) is 5.65 Å². The first-order chi connectivity index (χ1) is 10.1. The van der Waals surface area contributed by atoms with Crippen molar-refractivity contribution < 1.29 is 0 Å². The van der Waals surface area contributed by atoms with E-state index in [1.54, 1.807) is 30.5 Å². The molecule has 2 aromatic heterocycles. The number of nitrogens with two attached hydrogens (primary N) is 1. The summed E-state index contributed by atoms with van der Waals surface area (Å²) < 4.78 is 1.52. The first-order valence-corrected chi connectivity index (χ1v) is 7.65. The van der Waals surface area contributed by atoms with Crippen molar-refractivity contribution in [2.24, 2.45) is 0 Å². The Kier molecular flexibility index (Phi) is 3.86. The molecule has 2 heterocycles. The molecule has 21 heavy (non-hydrogen) atoms. The molecular formula is C15H12ClN3OS. The maximum absolute atomic E-state index is 12.0. The third-order valence-corrected chi connectivity index (χ3v) is 4.31. The molecule has 4 nitrogen and oxygen atoms in total. The van der Waals surface area contributed by atoms with Crippen molar-refractivity contribution in [3.8, 4) is 0 Å². The summed E-state index contributed by atoms with van der Waals surface area (Å²) in [4.78, 5) is 17.4. The topological polar surface area (TPSA) is 60.4 Å². The van der Waals surface area contributed by atoms with Gasteiger partial charge in [-0.15, -0.1) is 11.8 Å². The summed E-state index contributed by atoms with van der Waals surface area (Å²) in [5.41, 5.74) is 7.85. The SMILES string of the molecule is Nc1ccc(Cl)cc1SCc1cc(=O)n2ccccc2n1. The number of aromatic nitrogens is 2. The number of nitrogens with zero attached hydrogens (tertiary/aromatic N) is 2. The highest BCUT2D eigenvalue weighted by atomic mass is 35.5. The first kappa shape index (κ1) is 14.0. The lowest BCUT2D eigenvalue weighted by Gasteiger charge is -2.06. The number of hydrogen-bond donors (Lipinski definition) is 1. The molecule has 106 valence electrons. The third kappa shape index (κ3) is 3.04. The molecule has 2 N–H and O–H groups in total. The molecule has 3 aromatic rings. The predicted molar refractivity (Wildman–Crippen MR) is 86.9 cm³/mol. The maximum atomic E-state index is 12.0. The molecule has 0 spiro atoms. The fourth-order valence-corrected chi connectivity index (χ4v) is 3.09. The lowest BCUT2D eigenvalue weighted by Crippen LogP contribution is -2.14. The second-order valence-electron chi connectivity index (χ2n) is 4.49. The van der Waals surface area contributed by atoms with E-state index < -0.39 is 0 Å². The van der Waals surface area contributed by atoms with Gasteiger partial charge in [-0.2, -0.15) is 0 Å². The summed E-state index contributed by atoms with van der Waals surface area (Å²) in [7, 11) is 0. The summed E-state index contributed by atoms with van der Waals surface area (Å²) in [6.07, 6.45) is 1.70. The molecule has 0 saturated heterocycles. The highest BCUT2D eigenvalue weighted by Crippen LogP contribution is 2.30. The van der Waals surface area contributed by atoms with Gasteiger partial charge in [-0.1, -0.05) is 17.7 Å². The number of rotatable bonds is 3. The Hall–Kier alpha value is -1.98. The average Bonchev–Trinajstić information content (AvgIpc) is 2.48. The van der Waals surface area contributed by atoms with Crippen LogP contribution in [0.4, 0.5) is 5.69 Å². The van der Waals surface area contributed by atoms with Crippen LogP contribution in [0, 0.1) is 0 Å². The second-order valence-corrected chi connectivity index (χ2v) is 5.94. The van der Waals surface area contributed by atoms with Gasteiger partial charge in [-0.05, 0) is 30.3 Å². The van der Waals surface area contributed by atoms with Gasteiger partial charge in [-0.25, -0.2) is 4.98 Å². The number of thioether (sulfide) groups is 1. The molecule has 0 fully saturated rings. The molecular weight excluding hydrogens is 306 g/mol. The van der Waals surface area contributed by atoms with E-state index in [0.717, 1.165) is 10.6 Å². The van der Waals surface area contributed by atoms with Crippen LogP contribution >= 0.6 is 23.4 Å². The largest absolute Gasteiger partial charge is 0.398 e. The minimum Gasteiger partial charge on any atom is -0.398 e. The average molecular weight is 318 g/mol. The molecule has 0 saturated carbocycles. The van der Waals surface area contributed by atoms with Crippen LogP contribution in [0.25, 0.3) is 5.65 Å². The first-order valence-electron chi connectivity index (χ1n) is 6.28. The third-order valence-electron chi connectivity index (χ3n) is 2.98. The summed E-state index contributed by atoms with van der Waals surface area (Å²) in [5, 5.41) is 0.637. The Morgan fingerprint density at radius 1 is 1.24 bits per heavy atom. The zero-order valence-electron chi connectivity index (χ0n) is 11.0. The Labute approximate surface area is 130 Å². The van der Waals surface area contributed by atoms with Crippen LogP contribution in [0.1, 0.15) is 5.69 Å². The summed E-state index contributed by atoms with van der Waals surface area (Å²) in [6.45, 7) is 0. The molecule has 0 unspecified atom stereocenters. The summed E-state index contributed by atoms with van der Waals surface area (Å²) in [5.74, 6) is 0.561. The summed E-state index contributed by atoms with van der Waals surface area (Å²) in [6, 6.07) is 12.3. The molecule has 0 aliphatic rings. The van der Waals surface area contributed by atoms with Gasteiger partial charge >= 0.3 is 0 Å². The van der Waals surface area contributed by atoms with E-state index in [1.807, 2.05) is 18.2 Å². The number of benzene rings is 1. The summed E-state index contributed by atoms with van der Waals surface area (Å²) >= 11 is 7.48. The Morgan fingerprint density at radius 2 is 2.10 bits per heavy atom. The van der Waals surface area contributed by atoms with Crippen LogP contribution in [-0.2, 0) is 5.75 Å². The van der Waals surface area contributed by atoms with Crippen LogP contribution in [0.2, 0.25) is 5.02 Å². The van der Waals surface area contributed by atoms with E-state index in [0.29, 0.717) is 22.1 Å². The van der Waals surface area contributed by atoms with Gasteiger partial charge in [0.15, 0.2) is 0 Å². The Morgan fingerprint density at radius 3 is 2.95 bits per heavy atom. The van der Waals surface area contributed by atoms with Crippen molar-refractivity contribution >= 4 is 34.7 Å². The lowest BCUT2D eigenvalue weighted by molar-refractivity contribution is 1.01. The van der Waals surface area contributed by atoms with Gasteiger partial charge in [0, 0.05) is 33.6 Å². The van der Waals surface area contributed by atoms with Crippen molar-refractivity contribution in [1.29, 1.82) is 0 Å². The van der Waals surface area contributed by atoms with Crippen LogP contribution in [-0.4, -0.2) is 9.38 Å². The van der Waals surface area contributed by atoms with E-state index in [1.165, 1.54) is 16.2 Å². The molecule has 0 amide bonds.